The number of sulfone groups is 1. The van der Waals surface area contributed by atoms with Crippen LogP contribution in [0.2, 0.25) is 5.02 Å². The summed E-state index contributed by atoms with van der Waals surface area (Å²) in [6, 6.07) is 9.55. The highest BCUT2D eigenvalue weighted by Crippen LogP contribution is 2.22. The van der Waals surface area contributed by atoms with Gasteiger partial charge in [0.25, 0.3) is 5.91 Å². The van der Waals surface area contributed by atoms with Gasteiger partial charge in [0.05, 0.1) is 22.0 Å². The molecule has 0 radical (unpaired) electrons. The Balaban J connectivity index is 2.09. The van der Waals surface area contributed by atoms with Crippen molar-refractivity contribution < 1.29 is 22.4 Å². The van der Waals surface area contributed by atoms with Gasteiger partial charge in [0, 0.05) is 19.3 Å². The number of benzene rings is 2. The van der Waals surface area contributed by atoms with E-state index >= 15 is 0 Å². The molecule has 2 aromatic rings. The van der Waals surface area contributed by atoms with Gasteiger partial charge in [0.15, 0.2) is 9.84 Å². The number of hydrogen-bond donors (Lipinski definition) is 1. The number of carbonyl (C=O) groups excluding carboxylic acids is 2. The van der Waals surface area contributed by atoms with Crippen LogP contribution in [0.25, 0.3) is 0 Å². The standard InChI is InChI=1S/C19H20ClFN2O4S/c1-3-23(12-18(24)22-11-13-4-6-14(21)7-5-13)19(25)16-10-15(28(2,26)27)8-9-17(16)20/h4-10H,3,11-12H2,1-2H3,(H,22,24). The van der Waals surface area contributed by atoms with Gasteiger partial charge in [0.2, 0.25) is 5.91 Å². The number of nitrogens with zero attached hydrogens (tertiary/aromatic N) is 1. The van der Waals surface area contributed by atoms with E-state index in [9.17, 15) is 22.4 Å². The summed E-state index contributed by atoms with van der Waals surface area (Å²) in [6.45, 7) is 1.88. The van der Waals surface area contributed by atoms with Gasteiger partial charge in [-0.05, 0) is 42.8 Å². The van der Waals surface area contributed by atoms with Crippen LogP contribution in [-0.2, 0) is 21.2 Å². The molecule has 150 valence electrons. The van der Waals surface area contributed by atoms with E-state index in [-0.39, 0.29) is 40.9 Å². The number of halogens is 2. The molecule has 0 fully saturated rings. The molecular weight excluding hydrogens is 407 g/mol. The molecule has 2 rings (SSSR count). The highest BCUT2D eigenvalue weighted by Gasteiger charge is 2.21. The van der Waals surface area contributed by atoms with E-state index < -0.39 is 21.7 Å². The molecule has 0 aliphatic heterocycles. The fourth-order valence-corrected chi connectivity index (χ4v) is 3.27. The third kappa shape index (κ3) is 5.77. The van der Waals surface area contributed by atoms with Crippen molar-refractivity contribution in [2.24, 2.45) is 0 Å². The maximum absolute atomic E-state index is 12.9. The molecule has 0 bridgehead atoms. The third-order valence-corrected chi connectivity index (χ3v) is 5.44. The highest BCUT2D eigenvalue weighted by atomic mass is 35.5. The molecule has 0 aliphatic rings. The van der Waals surface area contributed by atoms with E-state index in [1.807, 2.05) is 0 Å². The lowest BCUT2D eigenvalue weighted by Gasteiger charge is -2.21. The normalized spacial score (nSPS) is 11.1. The van der Waals surface area contributed by atoms with Crippen LogP contribution >= 0.6 is 11.6 Å². The molecule has 0 spiro atoms. The van der Waals surface area contributed by atoms with Gasteiger partial charge in [-0.1, -0.05) is 23.7 Å². The zero-order valence-electron chi connectivity index (χ0n) is 15.4. The molecule has 2 aromatic carbocycles. The molecule has 28 heavy (non-hydrogen) atoms. The first-order chi connectivity index (χ1) is 13.1. The second-order valence-corrected chi connectivity index (χ2v) is 8.56. The quantitative estimate of drug-likeness (QED) is 0.737. The van der Waals surface area contributed by atoms with E-state index in [0.29, 0.717) is 5.56 Å². The van der Waals surface area contributed by atoms with E-state index in [4.69, 9.17) is 11.6 Å². The minimum Gasteiger partial charge on any atom is -0.350 e. The van der Waals surface area contributed by atoms with E-state index in [0.717, 1.165) is 6.26 Å². The number of nitrogens with one attached hydrogen (secondary N) is 1. The molecule has 9 heteroatoms. The maximum atomic E-state index is 12.9. The number of rotatable bonds is 7. The van der Waals surface area contributed by atoms with Crippen LogP contribution in [-0.4, -0.2) is 44.5 Å². The molecule has 0 atom stereocenters. The molecule has 0 heterocycles. The number of carbonyl (C=O) groups is 2. The Morgan fingerprint density at radius 3 is 2.36 bits per heavy atom. The highest BCUT2D eigenvalue weighted by molar-refractivity contribution is 7.90. The minimum atomic E-state index is -3.51. The average molecular weight is 427 g/mol. The molecule has 0 saturated carbocycles. The smallest absolute Gasteiger partial charge is 0.255 e. The van der Waals surface area contributed by atoms with Crippen molar-refractivity contribution in [3.8, 4) is 0 Å². The predicted octanol–water partition coefficient (Wildman–Crippen LogP) is 2.66. The summed E-state index contributed by atoms with van der Waals surface area (Å²) < 4.78 is 36.4. The third-order valence-electron chi connectivity index (χ3n) is 4.00. The summed E-state index contributed by atoms with van der Waals surface area (Å²) in [7, 11) is -3.51. The number of likely N-dealkylation sites (N-methyl/N-ethyl adjacent to an activating group) is 1. The van der Waals surface area contributed by atoms with Crippen molar-refractivity contribution in [2.45, 2.75) is 18.4 Å². The van der Waals surface area contributed by atoms with Crippen LogP contribution in [0, 0.1) is 5.82 Å². The lowest BCUT2D eigenvalue weighted by atomic mass is 10.2. The summed E-state index contributed by atoms with van der Waals surface area (Å²) >= 11 is 6.06. The Morgan fingerprint density at radius 1 is 1.14 bits per heavy atom. The van der Waals surface area contributed by atoms with E-state index in [2.05, 4.69) is 5.32 Å². The number of hydrogen-bond acceptors (Lipinski definition) is 4. The molecular formula is C19H20ClFN2O4S. The Hall–Kier alpha value is -2.45. The van der Waals surface area contributed by atoms with Crippen molar-refractivity contribution in [3.63, 3.8) is 0 Å². The monoisotopic (exact) mass is 426 g/mol. The predicted molar refractivity (Wildman–Crippen MR) is 104 cm³/mol. The van der Waals surface area contributed by atoms with Gasteiger partial charge in [-0.3, -0.25) is 9.59 Å². The zero-order chi connectivity index (χ0) is 20.9. The fraction of sp³-hybridized carbons (Fsp3) is 0.263. The summed E-state index contributed by atoms with van der Waals surface area (Å²) in [5.41, 5.74) is 0.728. The van der Waals surface area contributed by atoms with Crippen LogP contribution in [0.3, 0.4) is 0 Å². The largest absolute Gasteiger partial charge is 0.350 e. The lowest BCUT2D eigenvalue weighted by molar-refractivity contribution is -0.121. The molecule has 0 aliphatic carbocycles. The van der Waals surface area contributed by atoms with Crippen LogP contribution < -0.4 is 5.32 Å². The second-order valence-electron chi connectivity index (χ2n) is 6.14. The van der Waals surface area contributed by atoms with Gasteiger partial charge >= 0.3 is 0 Å². The topological polar surface area (TPSA) is 83.6 Å². The molecule has 0 saturated heterocycles. The first kappa shape index (κ1) is 21.8. The molecule has 2 amide bonds. The lowest BCUT2D eigenvalue weighted by Crippen LogP contribution is -2.40. The van der Waals surface area contributed by atoms with E-state index in [1.54, 1.807) is 19.1 Å². The summed E-state index contributed by atoms with van der Waals surface area (Å²) in [5, 5.41) is 2.76. The second kappa shape index (κ2) is 9.16. The van der Waals surface area contributed by atoms with Gasteiger partial charge in [-0.2, -0.15) is 0 Å². The Labute approximate surface area is 168 Å². The van der Waals surface area contributed by atoms with Gasteiger partial charge < -0.3 is 10.2 Å². The summed E-state index contributed by atoms with van der Waals surface area (Å²) in [6.07, 6.45) is 1.03. The first-order valence-electron chi connectivity index (χ1n) is 8.42. The van der Waals surface area contributed by atoms with Crippen LogP contribution in [0.5, 0.6) is 0 Å². The molecule has 0 aromatic heterocycles. The summed E-state index contributed by atoms with van der Waals surface area (Å²) in [5.74, 6) is -1.32. The van der Waals surface area contributed by atoms with Crippen molar-refractivity contribution >= 4 is 33.3 Å². The van der Waals surface area contributed by atoms with E-state index in [1.165, 1.54) is 35.2 Å². The summed E-state index contributed by atoms with van der Waals surface area (Å²) in [4.78, 5) is 26.2. The fourth-order valence-electron chi connectivity index (χ4n) is 2.43. The van der Waals surface area contributed by atoms with Crippen LogP contribution in [0.15, 0.2) is 47.4 Å². The van der Waals surface area contributed by atoms with Gasteiger partial charge in [-0.15, -0.1) is 0 Å². The van der Waals surface area contributed by atoms with Gasteiger partial charge in [0.1, 0.15) is 5.82 Å². The SMILES string of the molecule is CCN(CC(=O)NCc1ccc(F)cc1)C(=O)c1cc(S(C)(=O)=O)ccc1Cl. The Bertz CT molecular complexity index is 978. The molecule has 1 N–H and O–H groups in total. The number of amides is 2. The zero-order valence-corrected chi connectivity index (χ0v) is 17.0. The Morgan fingerprint density at radius 2 is 1.79 bits per heavy atom. The van der Waals surface area contributed by atoms with Gasteiger partial charge in [-0.25, -0.2) is 12.8 Å². The Kier molecular flexibility index (Phi) is 7.15. The van der Waals surface area contributed by atoms with Crippen molar-refractivity contribution in [1.82, 2.24) is 10.2 Å². The van der Waals surface area contributed by atoms with Crippen LogP contribution in [0.1, 0.15) is 22.8 Å². The van der Waals surface area contributed by atoms with Crippen molar-refractivity contribution in [3.05, 3.63) is 64.4 Å². The van der Waals surface area contributed by atoms with Crippen molar-refractivity contribution in [2.75, 3.05) is 19.3 Å². The minimum absolute atomic E-state index is 0.0118. The average Bonchev–Trinajstić information content (AvgIpc) is 2.64. The van der Waals surface area contributed by atoms with Crippen LogP contribution in [0.4, 0.5) is 4.39 Å². The van der Waals surface area contributed by atoms with Crippen molar-refractivity contribution in [1.29, 1.82) is 0 Å². The first-order valence-corrected chi connectivity index (χ1v) is 10.7. The maximum Gasteiger partial charge on any atom is 0.255 e. The molecule has 0 unspecified atom stereocenters. The molecule has 6 nitrogen and oxygen atoms in total.